The SMILES string of the molecule is CO[C@]12O[C@@H]3C=C4CC[C@@H]5[C@H](C[C@H](O)[C@]6(C)[C@@H](C7=COC(=O)C7)CC[C@]56O)[C@@]4(C)C[C@H]3O[C@H](O[C@@H](C)[C@H]1O)[C@H]2O. The highest BCUT2D eigenvalue weighted by atomic mass is 16.8. The van der Waals surface area contributed by atoms with Crippen molar-refractivity contribution in [2.75, 3.05) is 7.11 Å². The predicted molar refractivity (Wildman–Crippen MR) is 138 cm³/mol. The van der Waals surface area contributed by atoms with Crippen LogP contribution in [-0.4, -0.2) is 87.8 Å². The summed E-state index contributed by atoms with van der Waals surface area (Å²) in [4.78, 5) is 11.9. The maximum absolute atomic E-state index is 12.5. The molecule has 3 saturated carbocycles. The van der Waals surface area contributed by atoms with E-state index in [2.05, 4.69) is 13.0 Å². The largest absolute Gasteiger partial charge is 0.434 e. The van der Waals surface area contributed by atoms with Gasteiger partial charge in [-0.05, 0) is 74.2 Å². The lowest BCUT2D eigenvalue weighted by Crippen LogP contribution is -2.67. The van der Waals surface area contributed by atoms with Gasteiger partial charge >= 0.3 is 5.97 Å². The fourth-order valence-corrected chi connectivity index (χ4v) is 10.1. The molecule has 2 bridgehead atoms. The van der Waals surface area contributed by atoms with Crippen LogP contribution >= 0.6 is 0 Å². The Morgan fingerprint density at radius 2 is 1.85 bits per heavy atom. The minimum atomic E-state index is -1.68. The number of allylic oxidation sites excluding steroid dienone is 1. The molecule has 40 heavy (non-hydrogen) atoms. The third-order valence-electron chi connectivity index (χ3n) is 12.3. The van der Waals surface area contributed by atoms with Crippen LogP contribution in [0.4, 0.5) is 0 Å². The Morgan fingerprint density at radius 3 is 2.55 bits per heavy atom. The van der Waals surface area contributed by atoms with Crippen LogP contribution in [0, 0.1) is 28.6 Å². The van der Waals surface area contributed by atoms with Crippen molar-refractivity contribution in [3.63, 3.8) is 0 Å². The highest BCUT2D eigenvalue weighted by Gasteiger charge is 2.71. The number of rotatable bonds is 2. The lowest BCUT2D eigenvalue weighted by Gasteiger charge is -2.63. The zero-order valence-corrected chi connectivity index (χ0v) is 23.6. The molecule has 7 aliphatic rings. The van der Waals surface area contributed by atoms with Crippen molar-refractivity contribution in [1.82, 2.24) is 0 Å². The number of aliphatic hydroxyl groups excluding tert-OH is 3. The Kier molecular flexibility index (Phi) is 6.06. The van der Waals surface area contributed by atoms with Crippen LogP contribution in [0.2, 0.25) is 0 Å². The molecule has 0 amide bonds. The number of carbonyl (C=O) groups excluding carboxylic acids is 1. The van der Waals surface area contributed by atoms with E-state index in [1.54, 1.807) is 6.92 Å². The first kappa shape index (κ1) is 27.5. The Bertz CT molecular complexity index is 1150. The van der Waals surface area contributed by atoms with E-state index in [-0.39, 0.29) is 35.6 Å². The average Bonchev–Trinajstić information content (AvgIpc) is 3.44. The Balaban J connectivity index is 1.23. The van der Waals surface area contributed by atoms with Gasteiger partial charge in [0.1, 0.15) is 12.2 Å². The molecular formula is C30H42O10. The molecule has 5 fully saturated rings. The molecule has 0 aromatic rings. The van der Waals surface area contributed by atoms with E-state index in [0.29, 0.717) is 25.7 Å². The summed E-state index contributed by atoms with van der Waals surface area (Å²) in [5.41, 5.74) is -0.194. The number of fused-ring (bicyclic) bond motifs is 8. The van der Waals surface area contributed by atoms with E-state index in [1.807, 2.05) is 6.92 Å². The molecule has 0 radical (unpaired) electrons. The Labute approximate surface area is 234 Å². The normalized spacial score (nSPS) is 57.0. The van der Waals surface area contributed by atoms with Gasteiger partial charge in [0.05, 0.1) is 36.6 Å². The maximum Gasteiger partial charge on any atom is 0.314 e. The average molecular weight is 563 g/mol. The molecule has 3 aliphatic heterocycles. The quantitative estimate of drug-likeness (QED) is 0.290. The van der Waals surface area contributed by atoms with Crippen molar-refractivity contribution < 1.29 is 48.9 Å². The summed E-state index contributed by atoms with van der Waals surface area (Å²) in [6, 6.07) is 0. The van der Waals surface area contributed by atoms with Gasteiger partial charge < -0.3 is 44.1 Å². The zero-order chi connectivity index (χ0) is 28.4. The van der Waals surface area contributed by atoms with E-state index in [9.17, 15) is 25.2 Å². The molecule has 0 aromatic carbocycles. The summed E-state index contributed by atoms with van der Waals surface area (Å²) in [6.07, 6.45) is 1.62. The standard InChI is InChI=1S/C30H42O10/c1-14-24(33)30(36-4)25(34)26(38-14)39-21-12-27(2)16(10-20(21)40-30)5-6-18-19(27)11-22(31)28(3)17(7-8-29(18,28)35)15-9-23(32)37-13-15/h10,13-14,17-22,24-26,31,33-35H,5-9,11-12H2,1-4H3/t14-,17+,18+,19-,20+,21+,22-,24+,25+,26-,27-,28-,29-,30-/m0/s1. The molecule has 222 valence electrons. The van der Waals surface area contributed by atoms with Gasteiger partial charge in [-0.1, -0.05) is 25.5 Å². The highest BCUT2D eigenvalue weighted by Crippen LogP contribution is 2.70. The van der Waals surface area contributed by atoms with Gasteiger partial charge in [-0.25, -0.2) is 0 Å². The van der Waals surface area contributed by atoms with Crippen molar-refractivity contribution in [1.29, 1.82) is 0 Å². The molecule has 3 heterocycles. The number of hydrogen-bond acceptors (Lipinski definition) is 10. The van der Waals surface area contributed by atoms with Crippen LogP contribution in [0.1, 0.15) is 65.7 Å². The van der Waals surface area contributed by atoms with Crippen LogP contribution in [0.15, 0.2) is 23.5 Å². The van der Waals surface area contributed by atoms with Crippen molar-refractivity contribution in [3.05, 3.63) is 23.5 Å². The maximum atomic E-state index is 12.5. The second-order valence-corrected chi connectivity index (χ2v) is 13.8. The molecule has 10 heteroatoms. The smallest absolute Gasteiger partial charge is 0.314 e. The lowest BCUT2D eigenvalue weighted by molar-refractivity contribution is -0.385. The molecule has 14 atom stereocenters. The fraction of sp³-hybridized carbons (Fsp3) is 0.833. The predicted octanol–water partition coefficient (Wildman–Crippen LogP) is 1.69. The highest BCUT2D eigenvalue weighted by molar-refractivity contribution is 5.76. The fourth-order valence-electron chi connectivity index (χ4n) is 10.1. The Hall–Kier alpha value is -1.37. The molecule has 4 N–H and O–H groups in total. The van der Waals surface area contributed by atoms with Crippen molar-refractivity contribution in [3.8, 4) is 0 Å². The van der Waals surface area contributed by atoms with Crippen LogP contribution in [0.25, 0.3) is 0 Å². The topological polar surface area (TPSA) is 144 Å². The summed E-state index contributed by atoms with van der Waals surface area (Å²) in [5.74, 6) is -2.12. The first-order chi connectivity index (χ1) is 18.9. The number of hydrogen-bond donors (Lipinski definition) is 4. The summed E-state index contributed by atoms with van der Waals surface area (Å²) < 4.78 is 29.4. The molecule has 4 aliphatic carbocycles. The van der Waals surface area contributed by atoms with Gasteiger partial charge in [-0.3, -0.25) is 4.79 Å². The summed E-state index contributed by atoms with van der Waals surface area (Å²) in [6.45, 7) is 5.89. The minimum Gasteiger partial charge on any atom is -0.434 e. The van der Waals surface area contributed by atoms with E-state index >= 15 is 0 Å². The van der Waals surface area contributed by atoms with Gasteiger partial charge in [-0.2, -0.15) is 0 Å². The second kappa shape index (κ2) is 8.83. The van der Waals surface area contributed by atoms with Crippen molar-refractivity contribution in [2.24, 2.45) is 28.6 Å². The van der Waals surface area contributed by atoms with Crippen LogP contribution in [0.5, 0.6) is 0 Å². The number of carbonyl (C=O) groups is 1. The van der Waals surface area contributed by atoms with Crippen LogP contribution in [-0.2, 0) is 28.5 Å². The number of cyclic esters (lactones) is 1. The van der Waals surface area contributed by atoms with E-state index in [4.69, 9.17) is 23.7 Å². The Morgan fingerprint density at radius 1 is 1.07 bits per heavy atom. The number of esters is 1. The van der Waals surface area contributed by atoms with Crippen LogP contribution < -0.4 is 0 Å². The molecule has 0 unspecified atom stereocenters. The van der Waals surface area contributed by atoms with Gasteiger partial charge in [0.15, 0.2) is 12.4 Å². The first-order valence-corrected chi connectivity index (χ1v) is 14.8. The van der Waals surface area contributed by atoms with E-state index in [1.165, 1.54) is 18.9 Å². The number of aliphatic hydroxyl groups is 4. The first-order valence-electron chi connectivity index (χ1n) is 14.8. The molecule has 2 saturated heterocycles. The van der Waals surface area contributed by atoms with E-state index in [0.717, 1.165) is 18.4 Å². The molecule has 10 nitrogen and oxygen atoms in total. The van der Waals surface area contributed by atoms with Crippen molar-refractivity contribution >= 4 is 5.97 Å². The zero-order valence-electron chi connectivity index (χ0n) is 23.6. The summed E-state index contributed by atoms with van der Waals surface area (Å²) >= 11 is 0. The van der Waals surface area contributed by atoms with Crippen LogP contribution in [0.3, 0.4) is 0 Å². The third-order valence-corrected chi connectivity index (χ3v) is 12.3. The molecule has 7 rings (SSSR count). The minimum absolute atomic E-state index is 0.00585. The van der Waals surface area contributed by atoms with Gasteiger partial charge in [-0.15, -0.1) is 0 Å². The van der Waals surface area contributed by atoms with Gasteiger partial charge in [0, 0.05) is 12.5 Å². The lowest BCUT2D eigenvalue weighted by atomic mass is 9.44. The molecule has 0 spiro atoms. The third kappa shape index (κ3) is 3.30. The molecule has 0 aromatic heterocycles. The number of methoxy groups -OCH3 is 1. The second-order valence-electron chi connectivity index (χ2n) is 13.8. The monoisotopic (exact) mass is 562 g/mol. The summed E-state index contributed by atoms with van der Waals surface area (Å²) in [5, 5.41) is 46.4. The van der Waals surface area contributed by atoms with E-state index < -0.39 is 59.7 Å². The summed E-state index contributed by atoms with van der Waals surface area (Å²) in [7, 11) is 1.41. The number of ether oxygens (including phenoxy) is 5. The van der Waals surface area contributed by atoms with Gasteiger partial charge in [0.2, 0.25) is 5.79 Å². The van der Waals surface area contributed by atoms with Crippen molar-refractivity contribution in [2.45, 2.75) is 120 Å². The van der Waals surface area contributed by atoms with Gasteiger partial charge in [0.25, 0.3) is 0 Å². The molecular weight excluding hydrogens is 520 g/mol.